The summed E-state index contributed by atoms with van der Waals surface area (Å²) < 4.78 is 6.51. The first kappa shape index (κ1) is 36.3. The molecule has 4 amide bonds. The van der Waals surface area contributed by atoms with Crippen LogP contribution in [0.3, 0.4) is 0 Å². The molecule has 1 fully saturated rings. The van der Waals surface area contributed by atoms with Crippen molar-refractivity contribution >= 4 is 56.7 Å². The molecule has 0 spiro atoms. The van der Waals surface area contributed by atoms with E-state index in [0.717, 1.165) is 10.4 Å². The molecule has 3 aromatic rings. The van der Waals surface area contributed by atoms with E-state index in [2.05, 4.69) is 26.3 Å². The number of carbonyl (C=O) groups is 5. The molecule has 1 aliphatic heterocycles. The Hall–Kier alpha value is -4.52. The van der Waals surface area contributed by atoms with Gasteiger partial charge in [-0.15, -0.1) is 11.3 Å². The maximum Gasteiger partial charge on any atom is 0.258 e. The minimum Gasteiger partial charge on any atom is -0.484 e. The zero-order chi connectivity index (χ0) is 35.0. The molecule has 1 aromatic heterocycles. The molecule has 4 N–H and O–H groups in total. The number of anilines is 1. The van der Waals surface area contributed by atoms with Crippen LogP contribution in [-0.2, 0) is 19.2 Å². The number of carbonyl (C=O) groups excluding carboxylic acids is 5. The number of amides is 4. The quantitative estimate of drug-likeness (QED) is 0.168. The summed E-state index contributed by atoms with van der Waals surface area (Å²) in [5.74, 6) is -2.33. The average Bonchev–Trinajstić information content (AvgIpc) is 3.67. The van der Waals surface area contributed by atoms with E-state index in [1.165, 1.54) is 11.3 Å². The van der Waals surface area contributed by atoms with Crippen LogP contribution in [0.5, 0.6) is 5.75 Å². The summed E-state index contributed by atoms with van der Waals surface area (Å²) in [6.45, 7) is 7.63. The van der Waals surface area contributed by atoms with Crippen LogP contribution < -0.4 is 30.9 Å². The van der Waals surface area contributed by atoms with Gasteiger partial charge in [0, 0.05) is 38.3 Å². The van der Waals surface area contributed by atoms with Crippen LogP contribution >= 0.6 is 11.3 Å². The zero-order valence-electron chi connectivity index (χ0n) is 28.4. The monoisotopic (exact) mass is 678 g/mol. The van der Waals surface area contributed by atoms with E-state index in [4.69, 9.17) is 4.74 Å². The Morgan fingerprint density at radius 3 is 2.35 bits per heavy atom. The Morgan fingerprint density at radius 2 is 1.71 bits per heavy atom. The lowest BCUT2D eigenvalue weighted by atomic mass is 9.94. The topological polar surface area (TPSA) is 159 Å². The fourth-order valence-electron chi connectivity index (χ4n) is 5.50. The standard InChI is InChI=1S/C35H46N6O6S/c1-20(2)16-27(38-34(46)30(21(3)4)40-29(42)19-47-24-11-9-10-23(18-24)41(5)6)33(45)37-26(17-22-14-15-36-32(22)44)31(43)35-39-25-12-7-8-13-28(25)48-35/h7-13,18,20-22,26-27,30H,14-17,19H2,1-6H3,(H,36,44)(H,37,45)(H,38,46)(H,40,42)/t22-,26-,27-,30-/m0/s1. The smallest absolute Gasteiger partial charge is 0.258 e. The number of ketones is 1. The minimum absolute atomic E-state index is 0.0125. The van der Waals surface area contributed by atoms with Crippen molar-refractivity contribution in [1.82, 2.24) is 26.3 Å². The van der Waals surface area contributed by atoms with Gasteiger partial charge in [-0.25, -0.2) is 4.98 Å². The zero-order valence-corrected chi connectivity index (χ0v) is 29.2. The van der Waals surface area contributed by atoms with Crippen molar-refractivity contribution in [3.63, 3.8) is 0 Å². The average molecular weight is 679 g/mol. The molecule has 1 aliphatic rings. The Kier molecular flexibility index (Phi) is 12.5. The van der Waals surface area contributed by atoms with E-state index in [1.54, 1.807) is 19.9 Å². The molecule has 0 saturated carbocycles. The number of para-hydroxylation sites is 1. The van der Waals surface area contributed by atoms with Gasteiger partial charge in [0.2, 0.25) is 23.5 Å². The lowest BCUT2D eigenvalue weighted by molar-refractivity contribution is -0.134. The van der Waals surface area contributed by atoms with E-state index in [9.17, 15) is 24.0 Å². The number of nitrogens with one attached hydrogen (secondary N) is 4. The third-order valence-corrected chi connectivity index (χ3v) is 9.18. The minimum atomic E-state index is -1.03. The van der Waals surface area contributed by atoms with Crippen molar-refractivity contribution < 1.29 is 28.7 Å². The van der Waals surface area contributed by atoms with Crippen LogP contribution in [0, 0.1) is 17.8 Å². The molecule has 258 valence electrons. The number of Topliss-reactive ketones (excluding diaryl/α,β-unsaturated/α-hetero) is 1. The van der Waals surface area contributed by atoms with Crippen molar-refractivity contribution in [1.29, 1.82) is 0 Å². The summed E-state index contributed by atoms with van der Waals surface area (Å²) in [7, 11) is 3.80. The number of nitrogens with zero attached hydrogens (tertiary/aromatic N) is 2. The maximum absolute atomic E-state index is 13.8. The van der Waals surface area contributed by atoms with Crippen LogP contribution in [0.25, 0.3) is 10.2 Å². The van der Waals surface area contributed by atoms with E-state index >= 15 is 0 Å². The number of thiazole rings is 1. The van der Waals surface area contributed by atoms with Gasteiger partial charge in [-0.05, 0) is 55.4 Å². The van der Waals surface area contributed by atoms with Gasteiger partial charge >= 0.3 is 0 Å². The van der Waals surface area contributed by atoms with Crippen molar-refractivity contribution in [2.24, 2.45) is 17.8 Å². The maximum atomic E-state index is 13.8. The second-order valence-electron chi connectivity index (χ2n) is 13.1. The van der Waals surface area contributed by atoms with Crippen molar-refractivity contribution in [2.45, 2.75) is 65.1 Å². The van der Waals surface area contributed by atoms with Gasteiger partial charge in [-0.1, -0.05) is 45.9 Å². The van der Waals surface area contributed by atoms with Gasteiger partial charge in [0.1, 0.15) is 17.8 Å². The van der Waals surface area contributed by atoms with Gasteiger partial charge in [0.15, 0.2) is 11.6 Å². The molecule has 1 saturated heterocycles. The highest BCUT2D eigenvalue weighted by molar-refractivity contribution is 7.20. The summed E-state index contributed by atoms with van der Waals surface area (Å²) in [4.78, 5) is 73.0. The third kappa shape index (κ3) is 9.75. The summed E-state index contributed by atoms with van der Waals surface area (Å²) in [5.41, 5.74) is 1.59. The fourth-order valence-corrected chi connectivity index (χ4v) is 6.46. The molecule has 2 aromatic carbocycles. The second-order valence-corrected chi connectivity index (χ2v) is 14.1. The molecule has 2 heterocycles. The highest BCUT2D eigenvalue weighted by Crippen LogP contribution is 2.25. The molecule has 0 aliphatic carbocycles. The lowest BCUT2D eigenvalue weighted by Gasteiger charge is -2.27. The number of hydrogen-bond acceptors (Lipinski definition) is 9. The van der Waals surface area contributed by atoms with Crippen molar-refractivity contribution in [3.8, 4) is 5.75 Å². The molecule has 0 bridgehead atoms. The molecule has 0 radical (unpaired) electrons. The largest absolute Gasteiger partial charge is 0.484 e. The number of ether oxygens (including phenoxy) is 1. The molecule has 4 atom stereocenters. The van der Waals surface area contributed by atoms with E-state index < -0.39 is 41.8 Å². The first-order valence-corrected chi connectivity index (χ1v) is 17.1. The molecule has 0 unspecified atom stereocenters. The third-order valence-electron chi connectivity index (χ3n) is 8.13. The number of hydrogen-bond donors (Lipinski definition) is 4. The lowest BCUT2D eigenvalue weighted by Crippen LogP contribution is -2.57. The Bertz CT molecular complexity index is 1590. The van der Waals surface area contributed by atoms with Gasteiger partial charge < -0.3 is 30.9 Å². The molecular weight excluding hydrogens is 632 g/mol. The van der Waals surface area contributed by atoms with Crippen LogP contribution in [0.1, 0.15) is 56.8 Å². The molecule has 12 nitrogen and oxygen atoms in total. The normalized spacial score (nSPS) is 16.2. The SMILES string of the molecule is CC(C)C[C@H](NC(=O)[C@@H](NC(=O)COc1cccc(N(C)C)c1)C(C)C)C(=O)N[C@@H](C[C@@H]1CCNC1=O)C(=O)c1nc2ccccc2s1. The highest BCUT2D eigenvalue weighted by Gasteiger charge is 2.36. The Balaban J connectivity index is 1.46. The van der Waals surface area contributed by atoms with Crippen molar-refractivity contribution in [2.75, 3.05) is 32.1 Å². The predicted molar refractivity (Wildman–Crippen MR) is 186 cm³/mol. The molecule has 48 heavy (non-hydrogen) atoms. The number of rotatable bonds is 16. The molecule has 4 rings (SSSR count). The van der Waals surface area contributed by atoms with Crippen LogP contribution in [-0.4, -0.2) is 79.8 Å². The summed E-state index contributed by atoms with van der Waals surface area (Å²) >= 11 is 1.23. The summed E-state index contributed by atoms with van der Waals surface area (Å²) in [6.07, 6.45) is 0.940. The number of aromatic nitrogens is 1. The van der Waals surface area contributed by atoms with Gasteiger partial charge in [0.05, 0.1) is 16.3 Å². The van der Waals surface area contributed by atoms with Crippen LogP contribution in [0.2, 0.25) is 0 Å². The van der Waals surface area contributed by atoms with Crippen LogP contribution in [0.15, 0.2) is 48.5 Å². The van der Waals surface area contributed by atoms with Crippen LogP contribution in [0.4, 0.5) is 5.69 Å². The Morgan fingerprint density at radius 1 is 0.979 bits per heavy atom. The Labute approximate surface area is 285 Å². The van der Waals surface area contributed by atoms with Crippen molar-refractivity contribution in [3.05, 3.63) is 53.5 Å². The van der Waals surface area contributed by atoms with Gasteiger partial charge in [-0.2, -0.15) is 0 Å². The molecular formula is C35H46N6O6S. The fraction of sp³-hybridized carbons (Fsp3) is 0.486. The van der Waals surface area contributed by atoms with Gasteiger partial charge in [-0.3, -0.25) is 24.0 Å². The number of fused-ring (bicyclic) bond motifs is 1. The van der Waals surface area contributed by atoms with Gasteiger partial charge in [0.25, 0.3) is 5.91 Å². The molecule has 13 heteroatoms. The predicted octanol–water partition coefficient (Wildman–Crippen LogP) is 3.31. The van der Waals surface area contributed by atoms with E-state index in [0.29, 0.717) is 24.2 Å². The first-order chi connectivity index (χ1) is 22.8. The first-order valence-electron chi connectivity index (χ1n) is 16.3. The second kappa shape index (κ2) is 16.5. The number of benzene rings is 2. The highest BCUT2D eigenvalue weighted by atomic mass is 32.1. The summed E-state index contributed by atoms with van der Waals surface area (Å²) in [5, 5.41) is 11.4. The van der Waals surface area contributed by atoms with E-state index in [1.807, 2.05) is 75.3 Å². The van der Waals surface area contributed by atoms with E-state index in [-0.39, 0.29) is 48.0 Å². The summed E-state index contributed by atoms with van der Waals surface area (Å²) in [6, 6.07) is 11.7.